The molecule has 1 saturated heterocycles. The largest absolute Gasteiger partial charge is 0.465 e. The summed E-state index contributed by atoms with van der Waals surface area (Å²) in [5.74, 6) is -0.135. The second-order valence-electron chi connectivity index (χ2n) is 17.3. The molecule has 6 heteroatoms. The van der Waals surface area contributed by atoms with Gasteiger partial charge in [0.05, 0.1) is 29.2 Å². The number of esters is 1. The molecule has 1 aromatic heterocycles. The molecule has 0 amide bonds. The maximum atomic E-state index is 14.2. The number of nitrogens with zero attached hydrogens (tertiary/aromatic N) is 2. The Hall–Kier alpha value is -2.57. The first-order valence-electron chi connectivity index (χ1n) is 18.9. The Bertz CT molecular complexity index is 1360. The fraction of sp³-hybridized carbons (Fsp3) is 0.698. The summed E-state index contributed by atoms with van der Waals surface area (Å²) in [5, 5.41) is 2.20. The van der Waals surface area contributed by atoms with Gasteiger partial charge in [-0.05, 0) is 99.8 Å². The number of carbonyl (C=O) groups excluding carboxylic acids is 2. The van der Waals surface area contributed by atoms with Crippen LogP contribution in [0.2, 0.25) is 0 Å². The molecule has 6 atom stereocenters. The van der Waals surface area contributed by atoms with Crippen LogP contribution in [0.25, 0.3) is 0 Å². The van der Waals surface area contributed by atoms with Gasteiger partial charge in [0.1, 0.15) is 5.78 Å². The molecule has 1 aromatic carbocycles. The van der Waals surface area contributed by atoms with Gasteiger partial charge in [-0.2, -0.15) is 5.06 Å². The quantitative estimate of drug-likeness (QED) is 0.123. The fourth-order valence-electron chi connectivity index (χ4n) is 7.99. The van der Waals surface area contributed by atoms with E-state index in [0.29, 0.717) is 31.7 Å². The van der Waals surface area contributed by atoms with Crippen LogP contribution in [0.4, 0.5) is 0 Å². The van der Waals surface area contributed by atoms with Crippen molar-refractivity contribution in [2.45, 2.75) is 163 Å². The molecule has 0 spiro atoms. The lowest BCUT2D eigenvalue weighted by molar-refractivity contribution is -0.343. The van der Waals surface area contributed by atoms with Gasteiger partial charge < -0.3 is 4.74 Å². The third kappa shape index (κ3) is 9.22. The van der Waals surface area contributed by atoms with Crippen molar-refractivity contribution in [1.29, 1.82) is 0 Å². The van der Waals surface area contributed by atoms with E-state index in [-0.39, 0.29) is 35.1 Å². The highest BCUT2D eigenvalue weighted by Gasteiger charge is 2.56. The van der Waals surface area contributed by atoms with Gasteiger partial charge in [0, 0.05) is 30.7 Å². The van der Waals surface area contributed by atoms with Gasteiger partial charge in [0.15, 0.2) is 0 Å². The van der Waals surface area contributed by atoms with Gasteiger partial charge in [-0.15, -0.1) is 0 Å². The molecule has 2 heterocycles. The van der Waals surface area contributed by atoms with Crippen LogP contribution in [-0.4, -0.2) is 45.1 Å². The van der Waals surface area contributed by atoms with Gasteiger partial charge in [-0.1, -0.05) is 99.1 Å². The number of pyridine rings is 1. The van der Waals surface area contributed by atoms with E-state index in [4.69, 9.17) is 9.57 Å². The highest BCUT2D eigenvalue weighted by atomic mass is 16.7. The van der Waals surface area contributed by atoms with Crippen LogP contribution >= 0.6 is 0 Å². The highest BCUT2D eigenvalue weighted by Crippen LogP contribution is 2.52. The predicted molar refractivity (Wildman–Crippen MR) is 201 cm³/mol. The number of unbranched alkanes of at least 4 members (excludes halogenated alkanes) is 1. The Balaban J connectivity index is 2.08. The molecule has 1 aliphatic rings. The molecule has 3 rings (SSSR count). The van der Waals surface area contributed by atoms with Gasteiger partial charge in [-0.25, -0.2) is 0 Å². The zero-order valence-electron chi connectivity index (χ0n) is 33.2. The van der Waals surface area contributed by atoms with Crippen molar-refractivity contribution < 1.29 is 19.2 Å². The number of hydrogen-bond donors (Lipinski definition) is 0. The summed E-state index contributed by atoms with van der Waals surface area (Å²) in [7, 11) is 0. The van der Waals surface area contributed by atoms with Gasteiger partial charge in [0.2, 0.25) is 0 Å². The third-order valence-corrected chi connectivity index (χ3v) is 12.6. The lowest BCUT2D eigenvalue weighted by atomic mass is 9.61. The zero-order chi connectivity index (χ0) is 36.8. The molecule has 2 aromatic rings. The Morgan fingerprint density at radius 1 is 0.918 bits per heavy atom. The molecule has 0 bridgehead atoms. The molecule has 1 fully saturated rings. The molecule has 0 radical (unpaired) electrons. The number of carbonyl (C=O) groups is 2. The lowest BCUT2D eigenvalue weighted by Gasteiger charge is -2.58. The van der Waals surface area contributed by atoms with Gasteiger partial charge >= 0.3 is 5.97 Å². The second-order valence-corrected chi connectivity index (χ2v) is 17.3. The van der Waals surface area contributed by atoms with E-state index in [1.165, 1.54) is 5.56 Å². The number of benzene rings is 1. The first-order chi connectivity index (χ1) is 22.8. The molecule has 1 aliphatic heterocycles. The maximum Gasteiger partial charge on any atom is 0.309 e. The second kappa shape index (κ2) is 16.2. The van der Waals surface area contributed by atoms with Crippen molar-refractivity contribution in [3.63, 3.8) is 0 Å². The normalized spacial score (nSPS) is 24.3. The van der Waals surface area contributed by atoms with Crippen molar-refractivity contribution in [2.75, 3.05) is 6.61 Å². The molecule has 0 saturated carbocycles. The smallest absolute Gasteiger partial charge is 0.309 e. The average molecular weight is 677 g/mol. The zero-order valence-corrected chi connectivity index (χ0v) is 33.2. The first-order valence-corrected chi connectivity index (χ1v) is 18.9. The number of hydrogen-bond acceptors (Lipinski definition) is 6. The fourth-order valence-corrected chi connectivity index (χ4v) is 7.99. The van der Waals surface area contributed by atoms with Crippen LogP contribution in [-0.2, 0) is 19.2 Å². The summed E-state index contributed by atoms with van der Waals surface area (Å²) >= 11 is 0. The highest BCUT2D eigenvalue weighted by molar-refractivity contribution is 5.84. The van der Waals surface area contributed by atoms with Gasteiger partial charge in [-0.3, -0.25) is 19.4 Å². The number of piperidine rings is 1. The summed E-state index contributed by atoms with van der Waals surface area (Å²) < 4.78 is 6.04. The van der Waals surface area contributed by atoms with Crippen LogP contribution in [0, 0.1) is 22.7 Å². The summed E-state index contributed by atoms with van der Waals surface area (Å²) in [6.45, 7) is 29.0. The van der Waals surface area contributed by atoms with Crippen molar-refractivity contribution in [1.82, 2.24) is 10.0 Å². The minimum Gasteiger partial charge on any atom is -0.465 e. The molecule has 0 N–H and O–H groups in total. The van der Waals surface area contributed by atoms with E-state index in [1.807, 2.05) is 12.4 Å². The number of aromatic nitrogens is 1. The SMILES string of the molecule is CCCCOC(=O)C(CC(C)(C)C(C)c1ccccc1)C(C)(C)CC(c1ccncc1)C(C)(C)ON1C(C)(CC)CC(=O)C(C)C1(C)CC. The van der Waals surface area contributed by atoms with Gasteiger partial charge in [0.25, 0.3) is 0 Å². The third-order valence-electron chi connectivity index (χ3n) is 12.6. The Labute approximate surface area is 299 Å². The Morgan fingerprint density at radius 3 is 2.08 bits per heavy atom. The van der Waals surface area contributed by atoms with Crippen LogP contribution in [0.5, 0.6) is 0 Å². The van der Waals surface area contributed by atoms with Crippen LogP contribution in [0.3, 0.4) is 0 Å². The number of rotatable bonds is 17. The Kier molecular flexibility index (Phi) is 13.5. The standard InChI is InChI=1S/C43H68N2O4/c1-14-17-27-48-38(47)36(29-39(6,7)31(4)33-21-19-18-20-22-33)40(8,9)28-35(34-23-25-44-26-24-34)41(10,11)49-45-42(12,15-2)30-37(46)32(5)43(45,13)16-3/h18-26,31-32,35-36H,14-17,27-30H2,1-13H3. The molecule has 49 heavy (non-hydrogen) atoms. The minimum absolute atomic E-state index is 0.0822. The Morgan fingerprint density at radius 2 is 1.53 bits per heavy atom. The van der Waals surface area contributed by atoms with E-state index in [2.05, 4.69) is 143 Å². The van der Waals surface area contributed by atoms with E-state index >= 15 is 0 Å². The minimum atomic E-state index is -0.685. The molecular weight excluding hydrogens is 608 g/mol. The van der Waals surface area contributed by atoms with Crippen molar-refractivity contribution in [2.24, 2.45) is 22.7 Å². The summed E-state index contributed by atoms with van der Waals surface area (Å²) in [4.78, 5) is 39.2. The molecule has 0 aliphatic carbocycles. The molecule has 6 nitrogen and oxygen atoms in total. The maximum absolute atomic E-state index is 14.2. The summed E-state index contributed by atoms with van der Waals surface area (Å²) in [5.41, 5.74) is 0.202. The van der Waals surface area contributed by atoms with Crippen LogP contribution < -0.4 is 0 Å². The number of ketones is 1. The van der Waals surface area contributed by atoms with Crippen molar-refractivity contribution >= 4 is 11.8 Å². The van der Waals surface area contributed by atoms with Crippen molar-refractivity contribution in [3.05, 3.63) is 66.0 Å². The number of Topliss-reactive ketones (excluding diaryl/α,β-unsaturated/α-hetero) is 1. The summed E-state index contributed by atoms with van der Waals surface area (Å²) in [6.07, 6.45) is 8.96. The number of hydroxylamine groups is 2. The van der Waals surface area contributed by atoms with E-state index in [9.17, 15) is 9.59 Å². The molecule has 6 unspecified atom stereocenters. The first kappa shape index (κ1) is 40.9. The predicted octanol–water partition coefficient (Wildman–Crippen LogP) is 10.7. The van der Waals surface area contributed by atoms with Crippen LogP contribution in [0.15, 0.2) is 54.9 Å². The molecular formula is C43H68N2O4. The van der Waals surface area contributed by atoms with Crippen molar-refractivity contribution in [3.8, 4) is 0 Å². The molecule has 274 valence electrons. The van der Waals surface area contributed by atoms with E-state index in [1.54, 1.807) is 0 Å². The van der Waals surface area contributed by atoms with E-state index < -0.39 is 22.1 Å². The van der Waals surface area contributed by atoms with E-state index in [0.717, 1.165) is 31.2 Å². The average Bonchev–Trinajstić information content (AvgIpc) is 3.07. The monoisotopic (exact) mass is 677 g/mol. The topological polar surface area (TPSA) is 68.7 Å². The van der Waals surface area contributed by atoms with Crippen LogP contribution in [0.1, 0.15) is 158 Å². The lowest BCUT2D eigenvalue weighted by Crippen LogP contribution is -2.68. The number of ether oxygens (including phenoxy) is 1. The summed E-state index contributed by atoms with van der Waals surface area (Å²) in [6, 6.07) is 14.8.